The Hall–Kier alpha value is -1.86. The van der Waals surface area contributed by atoms with Crippen LogP contribution in [0.4, 0.5) is 0 Å². The second-order valence-corrected chi connectivity index (χ2v) is 4.40. The molecule has 0 saturated carbocycles. The number of hydrogen-bond acceptors (Lipinski definition) is 1. The van der Waals surface area contributed by atoms with Crippen molar-refractivity contribution in [1.82, 2.24) is 0 Å². The minimum atomic E-state index is 0.0508. The van der Waals surface area contributed by atoms with Crippen molar-refractivity contribution in [3.63, 3.8) is 0 Å². The summed E-state index contributed by atoms with van der Waals surface area (Å²) in [6.45, 7) is 2.75. The Morgan fingerprint density at radius 2 is 1.58 bits per heavy atom. The van der Waals surface area contributed by atoms with Gasteiger partial charge in [-0.1, -0.05) is 72.8 Å². The lowest BCUT2D eigenvalue weighted by atomic mass is 10.1. The Balaban J connectivity index is 2.01. The smallest absolute Gasteiger partial charge is 0.101 e. The highest BCUT2D eigenvalue weighted by atomic mass is 16.5. The van der Waals surface area contributed by atoms with Gasteiger partial charge in [0.1, 0.15) is 6.10 Å². The van der Waals surface area contributed by atoms with E-state index in [2.05, 4.69) is 48.6 Å². The zero-order valence-electron chi connectivity index (χ0n) is 11.3. The van der Waals surface area contributed by atoms with Crippen molar-refractivity contribution in [3.8, 4) is 0 Å². The molecule has 1 heteroatoms. The molecule has 0 spiro atoms. The van der Waals surface area contributed by atoms with Gasteiger partial charge in [0.05, 0.1) is 0 Å². The predicted molar refractivity (Wildman–Crippen MR) is 80.1 cm³/mol. The lowest BCUT2D eigenvalue weighted by Gasteiger charge is -2.13. The summed E-state index contributed by atoms with van der Waals surface area (Å²) >= 11 is 0. The fourth-order valence-corrected chi connectivity index (χ4v) is 2.03. The summed E-state index contributed by atoms with van der Waals surface area (Å²) in [5.41, 5.74) is 2.52. The Morgan fingerprint density at radius 3 is 2.21 bits per heavy atom. The quantitative estimate of drug-likeness (QED) is 0.685. The molecule has 0 saturated heterocycles. The third kappa shape index (κ3) is 4.38. The van der Waals surface area contributed by atoms with Crippen molar-refractivity contribution < 1.29 is 4.74 Å². The zero-order valence-corrected chi connectivity index (χ0v) is 11.3. The first-order valence-electron chi connectivity index (χ1n) is 6.77. The highest BCUT2D eigenvalue weighted by Crippen LogP contribution is 2.18. The molecule has 98 valence electrons. The molecule has 2 aromatic carbocycles. The van der Waals surface area contributed by atoms with Crippen LogP contribution in [0.3, 0.4) is 0 Å². The van der Waals surface area contributed by atoms with Gasteiger partial charge in [0, 0.05) is 6.61 Å². The summed E-state index contributed by atoms with van der Waals surface area (Å²) in [5.74, 6) is 0. The van der Waals surface area contributed by atoms with E-state index in [4.69, 9.17) is 4.74 Å². The van der Waals surface area contributed by atoms with Crippen LogP contribution in [0, 0.1) is 0 Å². The maximum absolute atomic E-state index is 5.78. The maximum Gasteiger partial charge on any atom is 0.101 e. The van der Waals surface area contributed by atoms with Crippen molar-refractivity contribution in [2.24, 2.45) is 0 Å². The molecule has 19 heavy (non-hydrogen) atoms. The number of allylic oxidation sites excluding steroid dienone is 1. The van der Waals surface area contributed by atoms with E-state index < -0.39 is 0 Å². The Bertz CT molecular complexity index is 488. The van der Waals surface area contributed by atoms with Crippen LogP contribution in [0.5, 0.6) is 0 Å². The van der Waals surface area contributed by atoms with E-state index in [1.54, 1.807) is 0 Å². The zero-order chi connectivity index (χ0) is 13.3. The summed E-state index contributed by atoms with van der Waals surface area (Å²) < 4.78 is 5.78. The number of benzene rings is 2. The third-order valence-electron chi connectivity index (χ3n) is 2.98. The lowest BCUT2D eigenvalue weighted by molar-refractivity contribution is 0.0966. The molecular weight excluding hydrogens is 232 g/mol. The minimum absolute atomic E-state index is 0.0508. The molecule has 0 bridgehead atoms. The summed E-state index contributed by atoms with van der Waals surface area (Å²) in [7, 11) is 0. The first kappa shape index (κ1) is 13.6. The first-order valence-corrected chi connectivity index (χ1v) is 6.77. The second-order valence-electron chi connectivity index (χ2n) is 4.40. The van der Waals surface area contributed by atoms with Crippen molar-refractivity contribution in [2.75, 3.05) is 6.61 Å². The van der Waals surface area contributed by atoms with E-state index in [9.17, 15) is 0 Å². The monoisotopic (exact) mass is 252 g/mol. The van der Waals surface area contributed by atoms with Gasteiger partial charge in [-0.15, -0.1) is 0 Å². The molecule has 2 aromatic rings. The molecule has 0 aromatic heterocycles. The topological polar surface area (TPSA) is 9.23 Å². The van der Waals surface area contributed by atoms with E-state index in [-0.39, 0.29) is 6.10 Å². The fourth-order valence-electron chi connectivity index (χ4n) is 2.03. The fraction of sp³-hybridized carbons (Fsp3) is 0.222. The second kappa shape index (κ2) is 7.55. The van der Waals surface area contributed by atoms with Gasteiger partial charge >= 0.3 is 0 Å². The van der Waals surface area contributed by atoms with Crippen molar-refractivity contribution in [2.45, 2.75) is 19.4 Å². The molecule has 2 rings (SSSR count). The minimum Gasteiger partial charge on any atom is -0.370 e. The average Bonchev–Trinajstić information content (AvgIpc) is 2.48. The van der Waals surface area contributed by atoms with Crippen LogP contribution in [-0.4, -0.2) is 6.61 Å². The highest BCUT2D eigenvalue weighted by Gasteiger charge is 2.05. The Morgan fingerprint density at radius 1 is 0.947 bits per heavy atom. The predicted octanol–water partition coefficient (Wildman–Crippen LogP) is 4.56. The Labute approximate surface area is 115 Å². The van der Waals surface area contributed by atoms with Gasteiger partial charge in [0.15, 0.2) is 0 Å². The van der Waals surface area contributed by atoms with E-state index >= 15 is 0 Å². The van der Waals surface area contributed by atoms with Gasteiger partial charge in [-0.3, -0.25) is 0 Å². The molecular formula is C18H20O. The average molecular weight is 252 g/mol. The van der Waals surface area contributed by atoms with Crippen LogP contribution < -0.4 is 0 Å². The SMILES string of the molecule is CCOC(/C=C/Cc1ccccc1)c1ccccc1. The van der Waals surface area contributed by atoms with Gasteiger partial charge in [0.2, 0.25) is 0 Å². The Kier molecular flexibility index (Phi) is 5.39. The summed E-state index contributed by atoms with van der Waals surface area (Å²) in [6.07, 6.45) is 5.32. The molecule has 1 unspecified atom stereocenters. The maximum atomic E-state index is 5.78. The van der Waals surface area contributed by atoms with Crippen molar-refractivity contribution in [1.29, 1.82) is 0 Å². The first-order chi connectivity index (χ1) is 9.40. The van der Waals surface area contributed by atoms with Crippen LogP contribution >= 0.6 is 0 Å². The number of hydrogen-bond donors (Lipinski definition) is 0. The van der Waals surface area contributed by atoms with Crippen molar-refractivity contribution in [3.05, 3.63) is 83.9 Å². The van der Waals surface area contributed by atoms with Crippen LogP contribution in [-0.2, 0) is 11.2 Å². The molecule has 0 radical (unpaired) electrons. The molecule has 0 heterocycles. The number of rotatable bonds is 6. The number of ether oxygens (including phenoxy) is 1. The molecule has 0 amide bonds. The van der Waals surface area contributed by atoms with Crippen LogP contribution in [0.25, 0.3) is 0 Å². The van der Waals surface area contributed by atoms with E-state index in [0.717, 1.165) is 13.0 Å². The van der Waals surface area contributed by atoms with E-state index in [1.807, 2.05) is 31.2 Å². The van der Waals surface area contributed by atoms with Crippen LogP contribution in [0.15, 0.2) is 72.8 Å². The van der Waals surface area contributed by atoms with Gasteiger partial charge in [-0.2, -0.15) is 0 Å². The molecule has 0 aliphatic rings. The third-order valence-corrected chi connectivity index (χ3v) is 2.98. The molecule has 1 nitrogen and oxygen atoms in total. The summed E-state index contributed by atoms with van der Waals surface area (Å²) in [4.78, 5) is 0. The standard InChI is InChI=1S/C18H20O/c1-2-19-18(17-13-7-4-8-14-17)15-9-12-16-10-5-3-6-11-16/h3-11,13-15,18H,2,12H2,1H3/b15-9+. The van der Waals surface area contributed by atoms with Gasteiger partial charge in [-0.05, 0) is 24.5 Å². The van der Waals surface area contributed by atoms with E-state index in [0.29, 0.717) is 0 Å². The molecule has 0 N–H and O–H groups in total. The van der Waals surface area contributed by atoms with Crippen LogP contribution in [0.2, 0.25) is 0 Å². The van der Waals surface area contributed by atoms with Gasteiger partial charge in [-0.25, -0.2) is 0 Å². The largest absolute Gasteiger partial charge is 0.370 e. The van der Waals surface area contributed by atoms with Gasteiger partial charge < -0.3 is 4.74 Å². The molecule has 0 aliphatic carbocycles. The van der Waals surface area contributed by atoms with Crippen LogP contribution in [0.1, 0.15) is 24.2 Å². The highest BCUT2D eigenvalue weighted by molar-refractivity contribution is 5.23. The van der Waals surface area contributed by atoms with Crippen molar-refractivity contribution >= 4 is 0 Å². The summed E-state index contributed by atoms with van der Waals surface area (Å²) in [5, 5.41) is 0. The molecule has 0 fully saturated rings. The molecule has 0 aliphatic heterocycles. The summed E-state index contributed by atoms with van der Waals surface area (Å²) in [6, 6.07) is 20.8. The van der Waals surface area contributed by atoms with Gasteiger partial charge in [0.25, 0.3) is 0 Å². The van der Waals surface area contributed by atoms with E-state index in [1.165, 1.54) is 11.1 Å². The molecule has 1 atom stereocenters. The normalized spacial score (nSPS) is 12.7. The lowest BCUT2D eigenvalue weighted by Crippen LogP contribution is -2.01.